The zero-order valence-electron chi connectivity index (χ0n) is 9.52. The lowest BCUT2D eigenvalue weighted by molar-refractivity contribution is 1.26. The maximum absolute atomic E-state index is 8.58. The highest BCUT2D eigenvalue weighted by atomic mass is 35.5. The number of nitriles is 1. The van der Waals surface area contributed by atoms with E-state index in [1.807, 2.05) is 24.3 Å². The third-order valence-electron chi connectivity index (χ3n) is 2.39. The van der Waals surface area contributed by atoms with Gasteiger partial charge in [-0.1, -0.05) is 23.7 Å². The van der Waals surface area contributed by atoms with E-state index in [-0.39, 0.29) is 0 Å². The summed E-state index contributed by atoms with van der Waals surface area (Å²) in [6.45, 7) is 0. The summed E-state index contributed by atoms with van der Waals surface area (Å²) in [7, 11) is 0. The quantitative estimate of drug-likeness (QED) is 0.830. The third-order valence-corrected chi connectivity index (χ3v) is 2.60. The second-order valence-electron chi connectivity index (χ2n) is 3.73. The Morgan fingerprint density at radius 2 is 1.94 bits per heavy atom. The van der Waals surface area contributed by atoms with Crippen molar-refractivity contribution in [3.05, 3.63) is 47.1 Å². The first-order valence-corrected chi connectivity index (χ1v) is 5.72. The molecule has 0 saturated heterocycles. The maximum atomic E-state index is 8.58. The summed E-state index contributed by atoms with van der Waals surface area (Å²) in [6, 6.07) is 12.9. The SMILES string of the molecule is N#CCc1ccc(Nc2nc(Cl)ccc2N)cc1. The zero-order chi connectivity index (χ0) is 13.0. The highest BCUT2D eigenvalue weighted by Crippen LogP contribution is 2.23. The zero-order valence-corrected chi connectivity index (χ0v) is 10.3. The van der Waals surface area contributed by atoms with Crippen LogP contribution < -0.4 is 11.1 Å². The minimum Gasteiger partial charge on any atom is -0.396 e. The van der Waals surface area contributed by atoms with Crippen LogP contribution in [0, 0.1) is 11.3 Å². The smallest absolute Gasteiger partial charge is 0.155 e. The van der Waals surface area contributed by atoms with Crippen molar-refractivity contribution in [1.82, 2.24) is 4.98 Å². The number of nitrogens with zero attached hydrogens (tertiary/aromatic N) is 2. The summed E-state index contributed by atoms with van der Waals surface area (Å²) in [4.78, 5) is 4.10. The summed E-state index contributed by atoms with van der Waals surface area (Å²) < 4.78 is 0. The highest BCUT2D eigenvalue weighted by molar-refractivity contribution is 6.29. The average molecular weight is 259 g/mol. The van der Waals surface area contributed by atoms with Crippen LogP contribution in [0.5, 0.6) is 0 Å². The van der Waals surface area contributed by atoms with Gasteiger partial charge in [0.15, 0.2) is 5.82 Å². The van der Waals surface area contributed by atoms with Gasteiger partial charge in [-0.15, -0.1) is 0 Å². The Morgan fingerprint density at radius 1 is 1.22 bits per heavy atom. The Balaban J connectivity index is 2.18. The largest absolute Gasteiger partial charge is 0.396 e. The Labute approximate surface area is 110 Å². The second kappa shape index (κ2) is 5.39. The molecule has 18 heavy (non-hydrogen) atoms. The number of benzene rings is 1. The van der Waals surface area contributed by atoms with Crippen LogP contribution in [0.2, 0.25) is 5.15 Å². The van der Waals surface area contributed by atoms with Gasteiger partial charge in [-0.25, -0.2) is 4.98 Å². The fourth-order valence-electron chi connectivity index (χ4n) is 1.48. The van der Waals surface area contributed by atoms with Gasteiger partial charge < -0.3 is 11.1 Å². The first-order valence-electron chi connectivity index (χ1n) is 5.34. The van der Waals surface area contributed by atoms with Crippen LogP contribution >= 0.6 is 11.6 Å². The predicted octanol–water partition coefficient (Wildman–Crippen LogP) is 3.13. The van der Waals surface area contributed by atoms with Crippen molar-refractivity contribution < 1.29 is 0 Å². The Morgan fingerprint density at radius 3 is 2.61 bits per heavy atom. The molecule has 0 radical (unpaired) electrons. The third kappa shape index (κ3) is 2.90. The molecule has 5 heteroatoms. The van der Waals surface area contributed by atoms with E-state index in [0.717, 1.165) is 11.3 Å². The summed E-state index contributed by atoms with van der Waals surface area (Å²) in [5.74, 6) is 0.524. The number of anilines is 3. The van der Waals surface area contributed by atoms with Gasteiger partial charge in [0, 0.05) is 5.69 Å². The minimum absolute atomic E-state index is 0.382. The lowest BCUT2D eigenvalue weighted by atomic mass is 10.1. The molecule has 0 saturated carbocycles. The van der Waals surface area contributed by atoms with E-state index < -0.39 is 0 Å². The summed E-state index contributed by atoms with van der Waals surface area (Å²) >= 11 is 5.81. The van der Waals surface area contributed by atoms with Crippen molar-refractivity contribution >= 4 is 28.8 Å². The van der Waals surface area contributed by atoms with Crippen LogP contribution in [0.1, 0.15) is 5.56 Å². The Hall–Kier alpha value is -2.25. The van der Waals surface area contributed by atoms with Crippen molar-refractivity contribution in [2.24, 2.45) is 0 Å². The predicted molar refractivity (Wildman–Crippen MR) is 72.7 cm³/mol. The molecular formula is C13H11ClN4. The fourth-order valence-corrected chi connectivity index (χ4v) is 1.63. The standard InChI is InChI=1S/C13H11ClN4/c14-12-6-5-11(16)13(18-12)17-10-3-1-9(2-4-10)7-8-15/h1-6H,7,16H2,(H,17,18). The number of hydrogen-bond donors (Lipinski definition) is 2. The molecule has 0 fully saturated rings. The molecular weight excluding hydrogens is 248 g/mol. The molecule has 0 aliphatic carbocycles. The number of pyridine rings is 1. The van der Waals surface area contributed by atoms with E-state index in [1.165, 1.54) is 0 Å². The van der Waals surface area contributed by atoms with Crippen LogP contribution in [0.4, 0.5) is 17.2 Å². The molecule has 0 aliphatic heterocycles. The van der Waals surface area contributed by atoms with Crippen LogP contribution in [-0.4, -0.2) is 4.98 Å². The van der Waals surface area contributed by atoms with E-state index in [9.17, 15) is 0 Å². The van der Waals surface area contributed by atoms with Crippen LogP contribution in [0.3, 0.4) is 0 Å². The minimum atomic E-state index is 0.382. The molecule has 1 aromatic heterocycles. The van der Waals surface area contributed by atoms with Gasteiger partial charge in [-0.3, -0.25) is 0 Å². The second-order valence-corrected chi connectivity index (χ2v) is 4.12. The maximum Gasteiger partial charge on any atom is 0.155 e. The number of halogens is 1. The number of aromatic nitrogens is 1. The molecule has 2 aromatic rings. The average Bonchev–Trinajstić information content (AvgIpc) is 2.37. The summed E-state index contributed by atoms with van der Waals surface area (Å²) in [6.07, 6.45) is 0.401. The van der Waals surface area contributed by atoms with Gasteiger partial charge in [0.25, 0.3) is 0 Å². The van der Waals surface area contributed by atoms with E-state index >= 15 is 0 Å². The summed E-state index contributed by atoms with van der Waals surface area (Å²) in [5.41, 5.74) is 8.13. The lowest BCUT2D eigenvalue weighted by Crippen LogP contribution is -1.99. The molecule has 1 heterocycles. The van der Waals surface area contributed by atoms with E-state index in [2.05, 4.69) is 16.4 Å². The van der Waals surface area contributed by atoms with Crippen LogP contribution in [0.25, 0.3) is 0 Å². The van der Waals surface area contributed by atoms with Crippen molar-refractivity contribution in [2.45, 2.75) is 6.42 Å². The van der Waals surface area contributed by atoms with Gasteiger partial charge in [-0.2, -0.15) is 5.26 Å². The normalized spacial score (nSPS) is 9.78. The van der Waals surface area contributed by atoms with Gasteiger partial charge >= 0.3 is 0 Å². The number of hydrogen-bond acceptors (Lipinski definition) is 4. The molecule has 0 unspecified atom stereocenters. The number of nitrogens with one attached hydrogen (secondary N) is 1. The van der Waals surface area contributed by atoms with Crippen LogP contribution in [0.15, 0.2) is 36.4 Å². The van der Waals surface area contributed by atoms with Gasteiger partial charge in [0.05, 0.1) is 18.2 Å². The Bertz CT molecular complexity index is 587. The van der Waals surface area contributed by atoms with Gasteiger partial charge in [0.1, 0.15) is 5.15 Å². The lowest BCUT2D eigenvalue weighted by Gasteiger charge is -2.08. The first kappa shape index (κ1) is 12.2. The molecule has 1 aromatic carbocycles. The summed E-state index contributed by atoms with van der Waals surface area (Å²) in [5, 5.41) is 12.0. The molecule has 0 atom stereocenters. The van der Waals surface area contributed by atoms with Gasteiger partial charge in [0.2, 0.25) is 0 Å². The Kier molecular flexibility index (Phi) is 3.66. The van der Waals surface area contributed by atoms with E-state index in [4.69, 9.17) is 22.6 Å². The van der Waals surface area contributed by atoms with Crippen molar-refractivity contribution in [2.75, 3.05) is 11.1 Å². The fraction of sp³-hybridized carbons (Fsp3) is 0.0769. The number of nitrogen functional groups attached to an aromatic ring is 1. The molecule has 2 rings (SSSR count). The molecule has 3 N–H and O–H groups in total. The molecule has 90 valence electrons. The van der Waals surface area contributed by atoms with E-state index in [1.54, 1.807) is 12.1 Å². The highest BCUT2D eigenvalue weighted by Gasteiger charge is 2.02. The van der Waals surface area contributed by atoms with Gasteiger partial charge in [-0.05, 0) is 29.8 Å². The number of nitrogens with two attached hydrogens (primary N) is 1. The van der Waals surface area contributed by atoms with Crippen molar-refractivity contribution in [1.29, 1.82) is 5.26 Å². The molecule has 0 bridgehead atoms. The molecule has 0 spiro atoms. The monoisotopic (exact) mass is 258 g/mol. The molecule has 0 amide bonds. The topological polar surface area (TPSA) is 74.7 Å². The van der Waals surface area contributed by atoms with E-state index in [0.29, 0.717) is 23.1 Å². The molecule has 4 nitrogen and oxygen atoms in total. The van der Waals surface area contributed by atoms with Crippen molar-refractivity contribution in [3.8, 4) is 6.07 Å². The molecule has 0 aliphatic rings. The number of rotatable bonds is 3. The van der Waals surface area contributed by atoms with Crippen LogP contribution in [-0.2, 0) is 6.42 Å². The first-order chi connectivity index (χ1) is 8.69. The van der Waals surface area contributed by atoms with Crippen molar-refractivity contribution in [3.63, 3.8) is 0 Å².